The van der Waals surface area contributed by atoms with E-state index in [4.69, 9.17) is 9.47 Å². The summed E-state index contributed by atoms with van der Waals surface area (Å²) >= 11 is 0. The van der Waals surface area contributed by atoms with Gasteiger partial charge in [0.15, 0.2) is 12.5 Å². The number of hydrogen-bond acceptors (Lipinski definition) is 4. The lowest BCUT2D eigenvalue weighted by Gasteiger charge is -2.33. The summed E-state index contributed by atoms with van der Waals surface area (Å²) < 4.78 is 13.2. The van der Waals surface area contributed by atoms with Crippen LogP contribution in [0.3, 0.4) is 0 Å². The van der Waals surface area contributed by atoms with Gasteiger partial charge >= 0.3 is 0 Å². The van der Waals surface area contributed by atoms with Crippen molar-refractivity contribution in [3.8, 4) is 11.5 Å². The van der Waals surface area contributed by atoms with Crippen LogP contribution >= 0.6 is 0 Å². The zero-order chi connectivity index (χ0) is 26.6. The predicted octanol–water partition coefficient (Wildman–Crippen LogP) is 8.09. The maximum Gasteiger partial charge on any atom is 0.189 e. The van der Waals surface area contributed by atoms with E-state index in [1.54, 1.807) is 0 Å². The van der Waals surface area contributed by atoms with Crippen molar-refractivity contribution in [2.75, 3.05) is 0 Å². The number of benzene rings is 6. The lowest BCUT2D eigenvalue weighted by Crippen LogP contribution is -2.49. The number of hydroxylamine groups is 2. The van der Waals surface area contributed by atoms with E-state index >= 15 is 0 Å². The van der Waals surface area contributed by atoms with Crippen molar-refractivity contribution in [3.05, 3.63) is 156 Å². The third-order valence-electron chi connectivity index (χ3n) is 8.39. The van der Waals surface area contributed by atoms with Crippen molar-refractivity contribution in [1.82, 2.24) is 5.06 Å². The van der Waals surface area contributed by atoms with Crippen LogP contribution in [-0.2, 0) is 0 Å². The summed E-state index contributed by atoms with van der Waals surface area (Å²) in [4.78, 5) is 0. The molecule has 6 aromatic carbocycles. The fourth-order valence-electron chi connectivity index (χ4n) is 6.62. The highest BCUT2D eigenvalue weighted by molar-refractivity contribution is 5.90. The molecule has 2 heterocycles. The summed E-state index contributed by atoms with van der Waals surface area (Å²) in [6, 6.07) is 45.6. The molecule has 0 aromatic heterocycles. The number of ether oxygens (including phenoxy) is 2. The van der Waals surface area contributed by atoms with Crippen LogP contribution in [0.4, 0.5) is 0 Å². The molecule has 2 aliphatic heterocycles. The maximum absolute atomic E-state index is 12.2. The summed E-state index contributed by atoms with van der Waals surface area (Å²) in [6.07, 6.45) is -1.36. The Morgan fingerprint density at radius 1 is 0.450 bits per heavy atom. The van der Waals surface area contributed by atoms with Gasteiger partial charge in [0.1, 0.15) is 11.5 Å². The molecule has 0 saturated carbocycles. The first-order valence-electron chi connectivity index (χ1n) is 13.7. The van der Waals surface area contributed by atoms with Crippen molar-refractivity contribution in [2.24, 2.45) is 0 Å². The van der Waals surface area contributed by atoms with Crippen LogP contribution in [0.2, 0.25) is 0 Å². The van der Waals surface area contributed by atoms with E-state index in [9.17, 15) is 5.21 Å². The standard InChI is InChI=1S/C36H27NO3/c38-37(35-31(25-13-3-1-4-14-25)33-27-17-9-7-11-23(27)19-21-29(33)39-35)36-32(26-15-5-2-6-16-26)34-28-18-10-8-12-24(28)20-22-30(34)40-36/h1-22,31-32,35-36,38H/t31-,32-,35-,36-/m0/s1. The van der Waals surface area contributed by atoms with Gasteiger partial charge in [-0.05, 0) is 44.8 Å². The predicted molar refractivity (Wildman–Crippen MR) is 157 cm³/mol. The molecule has 1 N–H and O–H groups in total. The largest absolute Gasteiger partial charge is 0.471 e. The van der Waals surface area contributed by atoms with Crippen LogP contribution < -0.4 is 9.47 Å². The smallest absolute Gasteiger partial charge is 0.189 e. The van der Waals surface area contributed by atoms with Gasteiger partial charge in [0.2, 0.25) is 0 Å². The van der Waals surface area contributed by atoms with E-state index in [0.29, 0.717) is 0 Å². The maximum atomic E-state index is 12.2. The fraction of sp³-hybridized carbons (Fsp3) is 0.111. The molecule has 0 spiro atoms. The molecule has 0 saturated heterocycles. The highest BCUT2D eigenvalue weighted by atomic mass is 16.6. The summed E-state index contributed by atoms with van der Waals surface area (Å²) in [6.45, 7) is 0. The molecule has 0 aliphatic carbocycles. The molecular weight excluding hydrogens is 494 g/mol. The van der Waals surface area contributed by atoms with Crippen LogP contribution in [0.15, 0.2) is 133 Å². The molecule has 40 heavy (non-hydrogen) atoms. The Morgan fingerprint density at radius 3 is 1.30 bits per heavy atom. The van der Waals surface area contributed by atoms with Gasteiger partial charge in [-0.3, -0.25) is 0 Å². The van der Waals surface area contributed by atoms with Crippen LogP contribution in [0.1, 0.15) is 34.1 Å². The third-order valence-corrected chi connectivity index (χ3v) is 8.39. The molecule has 0 bridgehead atoms. The Morgan fingerprint density at radius 2 is 0.850 bits per heavy atom. The minimum absolute atomic E-state index is 0.215. The SMILES string of the molecule is ON([C@H]1Oc2ccc3ccccc3c2[C@@H]1c1ccccc1)[C@H]1Oc2ccc3ccccc3c2[C@@H]1c1ccccc1. The Labute approximate surface area is 232 Å². The normalized spacial score (nSPS) is 21.2. The zero-order valence-corrected chi connectivity index (χ0v) is 21.7. The van der Waals surface area contributed by atoms with Gasteiger partial charge in [-0.25, -0.2) is 0 Å². The molecule has 4 heteroatoms. The highest BCUT2D eigenvalue weighted by Gasteiger charge is 2.48. The Hall–Kier alpha value is -4.64. The van der Waals surface area contributed by atoms with E-state index in [-0.39, 0.29) is 11.8 Å². The number of rotatable bonds is 4. The Balaban J connectivity index is 1.28. The van der Waals surface area contributed by atoms with E-state index in [0.717, 1.165) is 55.3 Å². The first-order valence-corrected chi connectivity index (χ1v) is 13.7. The molecular formula is C36H27NO3. The number of nitrogens with zero attached hydrogens (tertiary/aromatic N) is 1. The van der Waals surface area contributed by atoms with Gasteiger partial charge in [0, 0.05) is 11.1 Å². The number of hydrogen-bond donors (Lipinski definition) is 1. The van der Waals surface area contributed by atoms with Gasteiger partial charge in [-0.15, -0.1) is 5.06 Å². The minimum Gasteiger partial charge on any atom is -0.471 e. The average Bonchev–Trinajstić information content (AvgIpc) is 3.61. The monoisotopic (exact) mass is 521 g/mol. The molecule has 0 unspecified atom stereocenters. The van der Waals surface area contributed by atoms with Crippen molar-refractivity contribution in [3.63, 3.8) is 0 Å². The minimum atomic E-state index is -0.681. The summed E-state index contributed by atoms with van der Waals surface area (Å²) in [5, 5.41) is 18.1. The Kier molecular flexibility index (Phi) is 5.37. The van der Waals surface area contributed by atoms with Gasteiger partial charge in [-0.1, -0.05) is 121 Å². The van der Waals surface area contributed by atoms with Crippen LogP contribution in [0.25, 0.3) is 21.5 Å². The summed E-state index contributed by atoms with van der Waals surface area (Å²) in [7, 11) is 0. The van der Waals surface area contributed by atoms with E-state index in [1.165, 1.54) is 5.06 Å². The highest BCUT2D eigenvalue weighted by Crippen LogP contribution is 2.51. The second-order valence-electron chi connectivity index (χ2n) is 10.6. The summed E-state index contributed by atoms with van der Waals surface area (Å²) in [5.74, 6) is 1.14. The quantitative estimate of drug-likeness (QED) is 0.238. The molecule has 0 amide bonds. The van der Waals surface area contributed by atoms with Crippen molar-refractivity contribution >= 4 is 21.5 Å². The fourth-order valence-corrected chi connectivity index (χ4v) is 6.62. The molecule has 8 rings (SSSR count). The molecule has 2 aliphatic rings. The van der Waals surface area contributed by atoms with E-state index < -0.39 is 12.5 Å². The van der Waals surface area contributed by atoms with E-state index in [1.807, 2.05) is 48.5 Å². The first kappa shape index (κ1) is 23.3. The summed E-state index contributed by atoms with van der Waals surface area (Å²) in [5.41, 5.74) is 4.34. The van der Waals surface area contributed by atoms with Gasteiger partial charge in [0.25, 0.3) is 0 Å². The lowest BCUT2D eigenvalue weighted by molar-refractivity contribution is -0.251. The van der Waals surface area contributed by atoms with E-state index in [2.05, 4.69) is 84.9 Å². The van der Waals surface area contributed by atoms with Crippen LogP contribution in [0.5, 0.6) is 11.5 Å². The van der Waals surface area contributed by atoms with Crippen molar-refractivity contribution in [2.45, 2.75) is 24.3 Å². The molecule has 194 valence electrons. The van der Waals surface area contributed by atoms with Gasteiger partial charge in [0.05, 0.1) is 11.8 Å². The molecule has 0 radical (unpaired) electrons. The molecule has 4 nitrogen and oxygen atoms in total. The first-order chi connectivity index (χ1) is 19.8. The van der Waals surface area contributed by atoms with Crippen molar-refractivity contribution < 1.29 is 14.7 Å². The molecule has 4 atom stereocenters. The third kappa shape index (κ3) is 3.54. The second kappa shape index (κ2) is 9.23. The van der Waals surface area contributed by atoms with Crippen LogP contribution in [0, 0.1) is 0 Å². The van der Waals surface area contributed by atoms with Gasteiger partial charge < -0.3 is 14.7 Å². The second-order valence-corrected chi connectivity index (χ2v) is 10.6. The molecule has 6 aromatic rings. The number of fused-ring (bicyclic) bond motifs is 6. The zero-order valence-electron chi connectivity index (χ0n) is 21.7. The molecule has 0 fully saturated rings. The van der Waals surface area contributed by atoms with Crippen molar-refractivity contribution in [1.29, 1.82) is 0 Å². The lowest BCUT2D eigenvalue weighted by atomic mass is 9.85. The Bertz CT molecular complexity index is 1720. The average molecular weight is 522 g/mol. The van der Waals surface area contributed by atoms with Crippen LogP contribution in [-0.4, -0.2) is 22.7 Å². The van der Waals surface area contributed by atoms with Gasteiger partial charge in [-0.2, -0.15) is 0 Å². The topological polar surface area (TPSA) is 41.9 Å².